The predicted molar refractivity (Wildman–Crippen MR) is 117 cm³/mol. The van der Waals surface area contributed by atoms with Gasteiger partial charge in [-0.2, -0.15) is 0 Å². The van der Waals surface area contributed by atoms with Crippen LogP contribution in [-0.2, 0) is 0 Å². The zero-order valence-electron chi connectivity index (χ0n) is 16.5. The summed E-state index contributed by atoms with van der Waals surface area (Å²) in [6.07, 6.45) is 0. The topological polar surface area (TPSA) is 24.7 Å². The lowest BCUT2D eigenvalue weighted by atomic mass is 9.94. The first-order valence-electron chi connectivity index (χ1n) is 9.75. The van der Waals surface area contributed by atoms with Gasteiger partial charge in [-0.25, -0.2) is 9.98 Å². The van der Waals surface area contributed by atoms with Crippen molar-refractivity contribution < 1.29 is 0 Å². The molecule has 0 aliphatic carbocycles. The van der Waals surface area contributed by atoms with Crippen LogP contribution in [0.1, 0.15) is 50.7 Å². The molecule has 140 valence electrons. The Hall–Kier alpha value is -2.04. The summed E-state index contributed by atoms with van der Waals surface area (Å²) in [6, 6.07) is 16.9. The lowest BCUT2D eigenvalue weighted by Gasteiger charge is -2.26. The van der Waals surface area contributed by atoms with E-state index in [2.05, 4.69) is 76.2 Å². The van der Waals surface area contributed by atoms with E-state index in [-0.39, 0.29) is 0 Å². The van der Waals surface area contributed by atoms with E-state index in [1.807, 2.05) is 23.5 Å². The van der Waals surface area contributed by atoms with Crippen LogP contribution in [0.15, 0.2) is 78.1 Å². The van der Waals surface area contributed by atoms with Crippen LogP contribution >= 0.6 is 23.5 Å². The maximum Gasteiger partial charge on any atom is 0.0827 e. The predicted octanol–water partition coefficient (Wildman–Crippen LogP) is 6.77. The lowest BCUT2D eigenvalue weighted by Crippen LogP contribution is -2.30. The Balaban J connectivity index is 1.95. The number of hydrogen-bond acceptors (Lipinski definition) is 4. The Morgan fingerprint density at radius 1 is 0.607 bits per heavy atom. The number of fused-ring (bicyclic) bond motifs is 4. The van der Waals surface area contributed by atoms with Crippen molar-refractivity contribution in [2.45, 2.75) is 59.1 Å². The second kappa shape index (κ2) is 6.78. The van der Waals surface area contributed by atoms with Crippen LogP contribution in [0.5, 0.6) is 0 Å². The van der Waals surface area contributed by atoms with E-state index in [4.69, 9.17) is 9.98 Å². The zero-order valence-corrected chi connectivity index (χ0v) is 18.1. The van der Waals surface area contributed by atoms with Crippen molar-refractivity contribution in [3.63, 3.8) is 0 Å². The van der Waals surface area contributed by atoms with Gasteiger partial charge in [0.1, 0.15) is 0 Å². The molecule has 4 heteroatoms. The maximum absolute atomic E-state index is 5.16. The van der Waals surface area contributed by atoms with Gasteiger partial charge in [-0.1, -0.05) is 75.5 Å². The molecule has 2 aliphatic rings. The molecule has 3 aromatic rings. The molecule has 5 rings (SSSR count). The molecular weight excluding hydrogens is 380 g/mol. The average molecular weight is 403 g/mol. The van der Waals surface area contributed by atoms with Gasteiger partial charge in [-0.3, -0.25) is 0 Å². The largest absolute Gasteiger partial charge is 0.246 e. The SMILES string of the molecule is CC(C)c1c2c(c(C(C)C)c3c1=Nc1ccccc1S3)=Nc1ccccc1S2. The number of rotatable bonds is 2. The van der Waals surface area contributed by atoms with Crippen molar-refractivity contribution in [2.75, 3.05) is 0 Å². The summed E-state index contributed by atoms with van der Waals surface area (Å²) in [7, 11) is 0. The first-order chi connectivity index (χ1) is 13.5. The Morgan fingerprint density at radius 3 is 1.39 bits per heavy atom. The number of hydrogen-bond donors (Lipinski definition) is 0. The minimum Gasteiger partial charge on any atom is -0.246 e. The summed E-state index contributed by atoms with van der Waals surface area (Å²) in [5.74, 6) is 0.762. The molecule has 0 amide bonds. The fourth-order valence-corrected chi connectivity index (χ4v) is 6.51. The lowest BCUT2D eigenvalue weighted by molar-refractivity contribution is 0.756. The highest BCUT2D eigenvalue weighted by Gasteiger charge is 2.28. The van der Waals surface area contributed by atoms with Gasteiger partial charge in [0.05, 0.1) is 22.1 Å². The van der Waals surface area contributed by atoms with E-state index in [1.54, 1.807) is 0 Å². The molecule has 0 saturated heterocycles. The van der Waals surface area contributed by atoms with Crippen molar-refractivity contribution in [3.05, 3.63) is 70.4 Å². The molecule has 0 unspecified atom stereocenters. The van der Waals surface area contributed by atoms with E-state index in [0.29, 0.717) is 11.8 Å². The number of nitrogens with zero attached hydrogens (tertiary/aromatic N) is 2. The van der Waals surface area contributed by atoms with Gasteiger partial charge in [-0.05, 0) is 47.2 Å². The highest BCUT2D eigenvalue weighted by Crippen LogP contribution is 2.44. The van der Waals surface area contributed by atoms with E-state index < -0.39 is 0 Å². The summed E-state index contributed by atoms with van der Waals surface area (Å²) in [6.45, 7) is 9.08. The van der Waals surface area contributed by atoms with Gasteiger partial charge in [0.25, 0.3) is 0 Å². The van der Waals surface area contributed by atoms with Crippen molar-refractivity contribution in [1.29, 1.82) is 0 Å². The van der Waals surface area contributed by atoms with Crippen LogP contribution in [0.2, 0.25) is 0 Å². The average Bonchev–Trinajstić information content (AvgIpc) is 2.68. The van der Waals surface area contributed by atoms with Crippen molar-refractivity contribution >= 4 is 34.9 Å². The third-order valence-electron chi connectivity index (χ3n) is 5.20. The molecule has 2 aliphatic heterocycles. The molecule has 0 radical (unpaired) electrons. The quantitative estimate of drug-likeness (QED) is 0.326. The summed E-state index contributed by atoms with van der Waals surface area (Å²) >= 11 is 3.72. The van der Waals surface area contributed by atoms with Gasteiger partial charge >= 0.3 is 0 Å². The third kappa shape index (κ3) is 2.73. The molecule has 0 aromatic heterocycles. The Kier molecular flexibility index (Phi) is 4.37. The van der Waals surface area contributed by atoms with Crippen molar-refractivity contribution in [1.82, 2.24) is 0 Å². The molecule has 0 atom stereocenters. The van der Waals surface area contributed by atoms with Crippen LogP contribution in [0, 0.1) is 0 Å². The number of benzene rings is 3. The molecule has 0 fully saturated rings. The van der Waals surface area contributed by atoms with Crippen LogP contribution in [0.4, 0.5) is 11.4 Å². The summed E-state index contributed by atoms with van der Waals surface area (Å²) in [4.78, 5) is 15.4. The fourth-order valence-electron chi connectivity index (χ4n) is 3.95. The first-order valence-corrected chi connectivity index (χ1v) is 11.4. The molecule has 0 bridgehead atoms. The highest BCUT2D eigenvalue weighted by molar-refractivity contribution is 8.00. The molecule has 0 saturated carbocycles. The summed E-state index contributed by atoms with van der Waals surface area (Å²) in [5, 5.41) is 2.31. The molecule has 2 nitrogen and oxygen atoms in total. The molecule has 28 heavy (non-hydrogen) atoms. The van der Waals surface area contributed by atoms with Crippen LogP contribution in [0.3, 0.4) is 0 Å². The highest BCUT2D eigenvalue weighted by atomic mass is 32.2. The molecule has 3 aromatic carbocycles. The van der Waals surface area contributed by atoms with E-state index in [1.165, 1.54) is 30.7 Å². The van der Waals surface area contributed by atoms with E-state index >= 15 is 0 Å². The molecule has 2 heterocycles. The smallest absolute Gasteiger partial charge is 0.0827 e. The van der Waals surface area contributed by atoms with Gasteiger partial charge in [0, 0.05) is 19.6 Å². The van der Waals surface area contributed by atoms with E-state index in [9.17, 15) is 0 Å². The Labute approximate surface area is 174 Å². The summed E-state index contributed by atoms with van der Waals surface area (Å²) < 4.78 is 0. The molecular formula is C24H22N2S2. The second-order valence-electron chi connectivity index (χ2n) is 7.86. The summed E-state index contributed by atoms with van der Waals surface area (Å²) in [5.41, 5.74) is 4.82. The first kappa shape index (κ1) is 18.0. The van der Waals surface area contributed by atoms with Crippen molar-refractivity contribution in [3.8, 4) is 0 Å². The van der Waals surface area contributed by atoms with Gasteiger partial charge in [0.2, 0.25) is 0 Å². The van der Waals surface area contributed by atoms with Crippen LogP contribution < -0.4 is 10.7 Å². The Morgan fingerprint density at radius 2 is 1.00 bits per heavy atom. The van der Waals surface area contributed by atoms with Crippen molar-refractivity contribution in [2.24, 2.45) is 9.98 Å². The normalized spacial score (nSPS) is 13.9. The standard InChI is InChI=1S/C24H22N2S2/c1-13(2)19-21-24(28-18-12-8-5-9-15(18)25-21)20(14(3)4)22-23(19)27-17-11-7-6-10-16(17)26-22/h5-14H,1-4H3. The van der Waals surface area contributed by atoms with Gasteiger partial charge in [0.15, 0.2) is 0 Å². The second-order valence-corrected chi connectivity index (χ2v) is 9.96. The van der Waals surface area contributed by atoms with Gasteiger partial charge in [-0.15, -0.1) is 0 Å². The molecule has 0 spiro atoms. The number of para-hydroxylation sites is 2. The minimum atomic E-state index is 0.381. The maximum atomic E-state index is 5.16. The fraction of sp³-hybridized carbons (Fsp3) is 0.250. The van der Waals surface area contributed by atoms with Crippen LogP contribution in [0.25, 0.3) is 0 Å². The molecule has 0 N–H and O–H groups in total. The Bertz CT molecular complexity index is 1130. The van der Waals surface area contributed by atoms with Gasteiger partial charge < -0.3 is 0 Å². The van der Waals surface area contributed by atoms with Crippen LogP contribution in [-0.4, -0.2) is 0 Å². The van der Waals surface area contributed by atoms with E-state index in [0.717, 1.165) is 22.1 Å². The monoisotopic (exact) mass is 402 g/mol. The minimum absolute atomic E-state index is 0.381. The third-order valence-corrected chi connectivity index (χ3v) is 7.57. The zero-order chi connectivity index (χ0) is 19.4.